The molecular weight excluding hydrogens is 248 g/mol. The molecule has 0 radical (unpaired) electrons. The third kappa shape index (κ3) is 4.42. The molecule has 102 valence electrons. The Kier molecular flexibility index (Phi) is 5.05. The van der Waals surface area contributed by atoms with E-state index in [0.717, 1.165) is 0 Å². The number of hydrogen-bond acceptors (Lipinski definition) is 4. The van der Waals surface area contributed by atoms with Gasteiger partial charge in [0.05, 0.1) is 12.7 Å². The number of anilines is 1. The fraction of sp³-hybridized carbons (Fsp3) is 0.308. The molecule has 0 saturated carbocycles. The molecule has 0 aliphatic rings. The van der Waals surface area contributed by atoms with Crippen LogP contribution in [0.5, 0.6) is 0 Å². The van der Waals surface area contributed by atoms with Crippen LogP contribution < -0.4 is 10.6 Å². The maximum atomic E-state index is 11.8. The monoisotopic (exact) mass is 264 g/mol. The second-order valence-electron chi connectivity index (χ2n) is 3.98. The molecule has 0 saturated heterocycles. The molecule has 0 aromatic heterocycles. The summed E-state index contributed by atoms with van der Waals surface area (Å²) in [5.41, 5.74) is 0.803. The fourth-order valence-electron chi connectivity index (χ4n) is 1.46. The zero-order chi connectivity index (χ0) is 14.4. The number of nitrogens with one attached hydrogen (secondary N) is 2. The highest BCUT2D eigenvalue weighted by atomic mass is 16.5. The molecule has 2 N–H and O–H groups in total. The van der Waals surface area contributed by atoms with Crippen molar-refractivity contribution in [1.82, 2.24) is 5.32 Å². The number of amides is 2. The lowest BCUT2D eigenvalue weighted by Crippen LogP contribution is -2.40. The number of benzene rings is 1. The van der Waals surface area contributed by atoms with Gasteiger partial charge >= 0.3 is 5.97 Å². The second-order valence-corrected chi connectivity index (χ2v) is 3.98. The molecule has 0 bridgehead atoms. The second kappa shape index (κ2) is 6.53. The highest BCUT2D eigenvalue weighted by molar-refractivity contribution is 5.98. The van der Waals surface area contributed by atoms with E-state index in [1.807, 2.05) is 0 Å². The van der Waals surface area contributed by atoms with Crippen LogP contribution in [-0.2, 0) is 14.3 Å². The minimum atomic E-state index is -0.653. The number of methoxy groups -OCH3 is 1. The van der Waals surface area contributed by atoms with E-state index in [4.69, 9.17) is 0 Å². The van der Waals surface area contributed by atoms with Crippen molar-refractivity contribution < 1.29 is 19.1 Å². The van der Waals surface area contributed by atoms with Gasteiger partial charge in [0.1, 0.15) is 6.04 Å². The Morgan fingerprint density at radius 1 is 1.26 bits per heavy atom. The van der Waals surface area contributed by atoms with E-state index in [2.05, 4.69) is 15.4 Å². The minimum Gasteiger partial charge on any atom is -0.465 e. The van der Waals surface area contributed by atoms with Crippen LogP contribution in [-0.4, -0.2) is 30.9 Å². The molecule has 19 heavy (non-hydrogen) atoms. The van der Waals surface area contributed by atoms with Gasteiger partial charge < -0.3 is 15.4 Å². The Hall–Kier alpha value is -2.37. The molecule has 1 unspecified atom stereocenters. The van der Waals surface area contributed by atoms with E-state index in [1.54, 1.807) is 25.1 Å². The number of carbonyl (C=O) groups is 3. The zero-order valence-electron chi connectivity index (χ0n) is 11.0. The van der Waals surface area contributed by atoms with Crippen molar-refractivity contribution >= 4 is 23.5 Å². The summed E-state index contributed by atoms with van der Waals surface area (Å²) in [7, 11) is 1.28. The first-order valence-electron chi connectivity index (χ1n) is 5.70. The highest BCUT2D eigenvalue weighted by Gasteiger charge is 2.14. The van der Waals surface area contributed by atoms with Crippen LogP contribution >= 0.6 is 0 Å². The third-order valence-electron chi connectivity index (χ3n) is 2.36. The lowest BCUT2D eigenvalue weighted by molar-refractivity contribution is -0.124. The fourth-order valence-corrected chi connectivity index (χ4v) is 1.46. The Morgan fingerprint density at radius 2 is 1.95 bits per heavy atom. The zero-order valence-corrected chi connectivity index (χ0v) is 11.0. The predicted octanol–water partition coefficient (Wildman–Crippen LogP) is 0.936. The normalized spacial score (nSPS) is 11.3. The van der Waals surface area contributed by atoms with E-state index in [0.29, 0.717) is 11.3 Å². The van der Waals surface area contributed by atoms with Gasteiger partial charge in [-0.05, 0) is 25.1 Å². The third-order valence-corrected chi connectivity index (χ3v) is 2.36. The standard InChI is InChI=1S/C13H16N2O4/c1-8(14-9(2)16)12(17)15-11-6-4-5-10(7-11)13(18)19-3/h4-8H,1-3H3,(H,14,16)(H,15,17). The largest absolute Gasteiger partial charge is 0.465 e. The van der Waals surface area contributed by atoms with Crippen molar-refractivity contribution in [3.05, 3.63) is 29.8 Å². The maximum Gasteiger partial charge on any atom is 0.337 e. The molecule has 1 rings (SSSR count). The van der Waals surface area contributed by atoms with Gasteiger partial charge in [0.25, 0.3) is 0 Å². The van der Waals surface area contributed by atoms with Crippen LogP contribution in [0.15, 0.2) is 24.3 Å². The molecule has 0 spiro atoms. The highest BCUT2D eigenvalue weighted by Crippen LogP contribution is 2.11. The van der Waals surface area contributed by atoms with Gasteiger partial charge in [-0.3, -0.25) is 9.59 Å². The van der Waals surface area contributed by atoms with Crippen molar-refractivity contribution in [1.29, 1.82) is 0 Å². The molecule has 0 aliphatic heterocycles. The SMILES string of the molecule is COC(=O)c1cccc(NC(=O)C(C)NC(C)=O)c1. The first-order chi connectivity index (χ1) is 8.93. The van der Waals surface area contributed by atoms with E-state index in [-0.39, 0.29) is 11.8 Å². The van der Waals surface area contributed by atoms with Gasteiger partial charge in [-0.1, -0.05) is 6.07 Å². The molecule has 1 aromatic rings. The molecule has 0 heterocycles. The Labute approximate surface area is 111 Å². The van der Waals surface area contributed by atoms with Crippen molar-refractivity contribution in [2.45, 2.75) is 19.9 Å². The van der Waals surface area contributed by atoms with Crippen LogP contribution in [0.4, 0.5) is 5.69 Å². The van der Waals surface area contributed by atoms with Gasteiger partial charge in [-0.25, -0.2) is 4.79 Å². The molecule has 1 aromatic carbocycles. The van der Waals surface area contributed by atoms with Crippen LogP contribution in [0.25, 0.3) is 0 Å². The summed E-state index contributed by atoms with van der Waals surface area (Å²) in [6.45, 7) is 2.91. The van der Waals surface area contributed by atoms with Crippen LogP contribution in [0.1, 0.15) is 24.2 Å². The Bertz CT molecular complexity index is 499. The first kappa shape index (κ1) is 14.7. The summed E-state index contributed by atoms with van der Waals surface area (Å²) in [6.07, 6.45) is 0. The van der Waals surface area contributed by atoms with Crippen LogP contribution in [0.2, 0.25) is 0 Å². The number of esters is 1. The molecular formula is C13H16N2O4. The molecule has 2 amide bonds. The van der Waals surface area contributed by atoms with Crippen molar-refractivity contribution in [3.8, 4) is 0 Å². The summed E-state index contributed by atoms with van der Waals surface area (Å²) in [5, 5.41) is 5.07. The molecule has 6 nitrogen and oxygen atoms in total. The lowest BCUT2D eigenvalue weighted by atomic mass is 10.2. The summed E-state index contributed by atoms with van der Waals surface area (Å²) in [4.78, 5) is 33.9. The molecule has 1 atom stereocenters. The van der Waals surface area contributed by atoms with Crippen molar-refractivity contribution in [2.24, 2.45) is 0 Å². The summed E-state index contributed by atoms with van der Waals surface area (Å²) in [6, 6.07) is 5.71. The van der Waals surface area contributed by atoms with Gasteiger partial charge in [0.2, 0.25) is 11.8 Å². The van der Waals surface area contributed by atoms with Crippen molar-refractivity contribution in [3.63, 3.8) is 0 Å². The summed E-state index contributed by atoms with van der Waals surface area (Å²) >= 11 is 0. The number of rotatable bonds is 4. The average Bonchev–Trinajstić information content (AvgIpc) is 2.37. The lowest BCUT2D eigenvalue weighted by Gasteiger charge is -2.13. The van der Waals surface area contributed by atoms with Gasteiger partial charge in [-0.15, -0.1) is 0 Å². The Morgan fingerprint density at radius 3 is 2.53 bits per heavy atom. The predicted molar refractivity (Wildman–Crippen MR) is 69.7 cm³/mol. The van der Waals surface area contributed by atoms with Gasteiger partial charge in [-0.2, -0.15) is 0 Å². The molecule has 0 fully saturated rings. The van der Waals surface area contributed by atoms with Crippen molar-refractivity contribution in [2.75, 3.05) is 12.4 Å². The quantitative estimate of drug-likeness (QED) is 0.792. The number of ether oxygens (including phenoxy) is 1. The minimum absolute atomic E-state index is 0.286. The topological polar surface area (TPSA) is 84.5 Å². The first-order valence-corrected chi connectivity index (χ1v) is 5.70. The molecule has 0 aliphatic carbocycles. The smallest absolute Gasteiger partial charge is 0.337 e. The average molecular weight is 264 g/mol. The number of hydrogen-bond donors (Lipinski definition) is 2. The van der Waals surface area contributed by atoms with E-state index in [9.17, 15) is 14.4 Å². The van der Waals surface area contributed by atoms with E-state index in [1.165, 1.54) is 20.1 Å². The number of carbonyl (C=O) groups excluding carboxylic acids is 3. The van der Waals surface area contributed by atoms with E-state index >= 15 is 0 Å². The van der Waals surface area contributed by atoms with Gasteiger partial charge in [0, 0.05) is 12.6 Å². The summed E-state index contributed by atoms with van der Waals surface area (Å²) < 4.78 is 4.59. The van der Waals surface area contributed by atoms with Crippen LogP contribution in [0, 0.1) is 0 Å². The molecule has 6 heteroatoms. The van der Waals surface area contributed by atoms with Crippen LogP contribution in [0.3, 0.4) is 0 Å². The Balaban J connectivity index is 2.74. The summed E-state index contributed by atoms with van der Waals surface area (Å²) in [5.74, 6) is -1.13. The van der Waals surface area contributed by atoms with E-state index < -0.39 is 12.0 Å². The maximum absolute atomic E-state index is 11.8. The van der Waals surface area contributed by atoms with Gasteiger partial charge in [0.15, 0.2) is 0 Å².